The first kappa shape index (κ1) is 12.5. The highest BCUT2D eigenvalue weighted by molar-refractivity contribution is 5.31. The van der Waals surface area contributed by atoms with E-state index in [0.29, 0.717) is 13.0 Å². The van der Waals surface area contributed by atoms with Crippen LogP contribution in [0.3, 0.4) is 0 Å². The summed E-state index contributed by atoms with van der Waals surface area (Å²) in [4.78, 5) is 0. The molecule has 1 atom stereocenters. The number of benzene rings is 1. The lowest BCUT2D eigenvalue weighted by atomic mass is 10.2. The monoisotopic (exact) mass is 247 g/mol. The lowest BCUT2D eigenvalue weighted by molar-refractivity contribution is 0.281. The van der Waals surface area contributed by atoms with E-state index < -0.39 is 0 Å². The van der Waals surface area contributed by atoms with Crippen molar-refractivity contribution in [2.24, 2.45) is 5.73 Å². The molecule has 0 saturated carbocycles. The number of rotatable bonds is 6. The lowest BCUT2D eigenvalue weighted by Crippen LogP contribution is -2.29. The van der Waals surface area contributed by atoms with Crippen LogP contribution in [-0.2, 0) is 6.42 Å². The topological polar surface area (TPSA) is 57.6 Å². The summed E-state index contributed by atoms with van der Waals surface area (Å²) in [5, 5.41) is 0. The standard InChI is InChI=1S/C14H17NO3/c1-16-12-4-6-13(7-5-12)18-10-11(15)9-14-3-2-8-17-14/h2-8,11H,9-10,15H2,1H3. The van der Waals surface area contributed by atoms with Crippen LogP contribution in [0.15, 0.2) is 47.1 Å². The number of hydrogen-bond acceptors (Lipinski definition) is 4. The van der Waals surface area contributed by atoms with E-state index in [1.165, 1.54) is 0 Å². The summed E-state index contributed by atoms with van der Waals surface area (Å²) < 4.78 is 15.9. The summed E-state index contributed by atoms with van der Waals surface area (Å²) in [7, 11) is 1.63. The SMILES string of the molecule is COc1ccc(OCC(N)Cc2ccco2)cc1. The first-order chi connectivity index (χ1) is 8.78. The second-order valence-electron chi connectivity index (χ2n) is 4.03. The van der Waals surface area contributed by atoms with Crippen molar-refractivity contribution in [1.82, 2.24) is 0 Å². The van der Waals surface area contributed by atoms with Crippen LogP contribution in [0.1, 0.15) is 5.76 Å². The summed E-state index contributed by atoms with van der Waals surface area (Å²) >= 11 is 0. The van der Waals surface area contributed by atoms with E-state index in [-0.39, 0.29) is 6.04 Å². The van der Waals surface area contributed by atoms with Crippen molar-refractivity contribution in [3.05, 3.63) is 48.4 Å². The molecule has 0 fully saturated rings. The minimum Gasteiger partial charge on any atom is -0.497 e. The maximum absolute atomic E-state index is 5.96. The van der Waals surface area contributed by atoms with Gasteiger partial charge in [0, 0.05) is 12.5 Å². The fourth-order valence-corrected chi connectivity index (χ4v) is 1.62. The Kier molecular flexibility index (Phi) is 4.25. The predicted molar refractivity (Wildman–Crippen MR) is 68.9 cm³/mol. The highest BCUT2D eigenvalue weighted by atomic mass is 16.5. The van der Waals surface area contributed by atoms with Gasteiger partial charge in [-0.05, 0) is 36.4 Å². The number of ether oxygens (including phenoxy) is 2. The molecular formula is C14H17NO3. The first-order valence-electron chi connectivity index (χ1n) is 5.83. The Bertz CT molecular complexity index is 450. The van der Waals surface area contributed by atoms with E-state index in [4.69, 9.17) is 19.6 Å². The molecule has 96 valence electrons. The average molecular weight is 247 g/mol. The van der Waals surface area contributed by atoms with Crippen molar-refractivity contribution in [2.45, 2.75) is 12.5 Å². The molecule has 2 N–H and O–H groups in total. The zero-order chi connectivity index (χ0) is 12.8. The Morgan fingerprint density at radius 2 is 1.89 bits per heavy atom. The third kappa shape index (κ3) is 3.53. The van der Waals surface area contributed by atoms with Gasteiger partial charge in [-0.2, -0.15) is 0 Å². The molecule has 0 bridgehead atoms. The van der Waals surface area contributed by atoms with Gasteiger partial charge in [0.25, 0.3) is 0 Å². The summed E-state index contributed by atoms with van der Waals surface area (Å²) in [6.45, 7) is 0.451. The first-order valence-corrected chi connectivity index (χ1v) is 5.83. The lowest BCUT2D eigenvalue weighted by Gasteiger charge is -2.12. The normalized spacial score (nSPS) is 12.1. The average Bonchev–Trinajstić information content (AvgIpc) is 2.90. The Morgan fingerprint density at radius 1 is 1.17 bits per heavy atom. The van der Waals surface area contributed by atoms with Crippen LogP contribution < -0.4 is 15.2 Å². The summed E-state index contributed by atoms with van der Waals surface area (Å²) in [6.07, 6.45) is 2.32. The van der Waals surface area contributed by atoms with E-state index in [1.807, 2.05) is 36.4 Å². The Labute approximate surface area is 106 Å². The van der Waals surface area contributed by atoms with Crippen molar-refractivity contribution in [2.75, 3.05) is 13.7 Å². The van der Waals surface area contributed by atoms with E-state index in [9.17, 15) is 0 Å². The second-order valence-corrected chi connectivity index (χ2v) is 4.03. The minimum atomic E-state index is -0.0850. The molecule has 4 heteroatoms. The van der Waals surface area contributed by atoms with Gasteiger partial charge in [0.1, 0.15) is 23.9 Å². The Balaban J connectivity index is 1.79. The van der Waals surface area contributed by atoms with Crippen LogP contribution in [-0.4, -0.2) is 19.8 Å². The maximum atomic E-state index is 5.96. The quantitative estimate of drug-likeness (QED) is 0.850. The van der Waals surface area contributed by atoms with Gasteiger partial charge >= 0.3 is 0 Å². The van der Waals surface area contributed by atoms with Gasteiger partial charge in [-0.1, -0.05) is 0 Å². The van der Waals surface area contributed by atoms with Gasteiger partial charge in [-0.3, -0.25) is 0 Å². The molecule has 0 aliphatic carbocycles. The molecule has 0 radical (unpaired) electrons. The third-order valence-corrected chi connectivity index (χ3v) is 2.57. The molecule has 0 aliphatic heterocycles. The van der Waals surface area contributed by atoms with E-state index in [0.717, 1.165) is 17.3 Å². The molecule has 1 heterocycles. The molecule has 2 rings (SSSR count). The van der Waals surface area contributed by atoms with Gasteiger partial charge in [0.15, 0.2) is 0 Å². The summed E-state index contributed by atoms with van der Waals surface area (Å²) in [5.41, 5.74) is 5.96. The fourth-order valence-electron chi connectivity index (χ4n) is 1.62. The highest BCUT2D eigenvalue weighted by Gasteiger charge is 2.07. The molecular weight excluding hydrogens is 230 g/mol. The summed E-state index contributed by atoms with van der Waals surface area (Å²) in [6, 6.07) is 11.1. The molecule has 18 heavy (non-hydrogen) atoms. The second kappa shape index (κ2) is 6.12. The molecule has 4 nitrogen and oxygen atoms in total. The van der Waals surface area contributed by atoms with Gasteiger partial charge in [-0.15, -0.1) is 0 Å². The fraction of sp³-hybridized carbons (Fsp3) is 0.286. The highest BCUT2D eigenvalue weighted by Crippen LogP contribution is 2.17. The molecule has 0 aliphatic rings. The summed E-state index contributed by atoms with van der Waals surface area (Å²) in [5.74, 6) is 2.47. The van der Waals surface area contributed by atoms with Crippen molar-refractivity contribution in [3.8, 4) is 11.5 Å². The van der Waals surface area contributed by atoms with Crippen LogP contribution in [0.5, 0.6) is 11.5 Å². The van der Waals surface area contributed by atoms with E-state index in [1.54, 1.807) is 13.4 Å². The van der Waals surface area contributed by atoms with Crippen molar-refractivity contribution in [3.63, 3.8) is 0 Å². The zero-order valence-electron chi connectivity index (χ0n) is 10.3. The number of methoxy groups -OCH3 is 1. The van der Waals surface area contributed by atoms with Gasteiger partial charge in [0.2, 0.25) is 0 Å². The van der Waals surface area contributed by atoms with Crippen LogP contribution in [0.25, 0.3) is 0 Å². The molecule has 2 aromatic rings. The van der Waals surface area contributed by atoms with Crippen LogP contribution in [0, 0.1) is 0 Å². The maximum Gasteiger partial charge on any atom is 0.119 e. The molecule has 1 aromatic heterocycles. The van der Waals surface area contributed by atoms with Crippen molar-refractivity contribution in [1.29, 1.82) is 0 Å². The van der Waals surface area contributed by atoms with Crippen LogP contribution >= 0.6 is 0 Å². The number of nitrogens with two attached hydrogens (primary N) is 1. The molecule has 0 amide bonds. The number of furan rings is 1. The molecule has 0 spiro atoms. The van der Waals surface area contributed by atoms with Gasteiger partial charge in [0.05, 0.1) is 13.4 Å². The van der Waals surface area contributed by atoms with Crippen molar-refractivity contribution < 1.29 is 13.9 Å². The minimum absolute atomic E-state index is 0.0850. The predicted octanol–water partition coefficient (Wildman–Crippen LogP) is 2.24. The van der Waals surface area contributed by atoms with Crippen LogP contribution in [0.2, 0.25) is 0 Å². The van der Waals surface area contributed by atoms with Gasteiger partial charge < -0.3 is 19.6 Å². The van der Waals surface area contributed by atoms with E-state index >= 15 is 0 Å². The number of hydrogen-bond donors (Lipinski definition) is 1. The molecule has 1 aromatic carbocycles. The largest absolute Gasteiger partial charge is 0.497 e. The van der Waals surface area contributed by atoms with Crippen molar-refractivity contribution >= 4 is 0 Å². The molecule has 1 unspecified atom stereocenters. The zero-order valence-corrected chi connectivity index (χ0v) is 10.3. The van der Waals surface area contributed by atoms with Crippen LogP contribution in [0.4, 0.5) is 0 Å². The molecule has 0 saturated heterocycles. The smallest absolute Gasteiger partial charge is 0.119 e. The Morgan fingerprint density at radius 3 is 2.50 bits per heavy atom. The Hall–Kier alpha value is -1.94. The van der Waals surface area contributed by atoms with Gasteiger partial charge in [-0.25, -0.2) is 0 Å². The third-order valence-electron chi connectivity index (χ3n) is 2.57. The van der Waals surface area contributed by atoms with E-state index in [2.05, 4.69) is 0 Å².